The van der Waals surface area contributed by atoms with Crippen LogP contribution in [-0.4, -0.2) is 57.4 Å². The minimum atomic E-state index is -0.646. The largest absolute Gasteiger partial charge is 0.468 e. The molecule has 0 radical (unpaired) electrons. The number of carbonyl (C=O) groups excluding carboxylic acids is 1. The van der Waals surface area contributed by atoms with Gasteiger partial charge < -0.3 is 10.2 Å². The minimum absolute atomic E-state index is 0.0837. The molecule has 2 aromatic rings. The smallest absolute Gasteiger partial charge is 0.332 e. The lowest BCUT2D eigenvalue weighted by Gasteiger charge is -2.33. The molecule has 1 fully saturated rings. The molecule has 0 bridgehead atoms. The first-order chi connectivity index (χ1) is 12.4. The van der Waals surface area contributed by atoms with Gasteiger partial charge in [0, 0.05) is 40.3 Å². The Morgan fingerprint density at radius 2 is 1.77 bits per heavy atom. The maximum atomic E-state index is 12.6. The number of nitrogens with two attached hydrogens (primary N) is 1. The van der Waals surface area contributed by atoms with Crippen LogP contribution in [0.5, 0.6) is 0 Å². The first-order valence-corrected chi connectivity index (χ1v) is 8.44. The third-order valence-electron chi connectivity index (χ3n) is 4.78. The number of hydrogen-bond acceptors (Lipinski definition) is 7. The molecule has 9 heteroatoms. The van der Waals surface area contributed by atoms with Gasteiger partial charge in [-0.3, -0.25) is 28.5 Å². The van der Waals surface area contributed by atoms with Crippen molar-refractivity contribution < 1.29 is 9.21 Å². The molecule has 0 aliphatic carbocycles. The van der Waals surface area contributed by atoms with Gasteiger partial charge in [-0.05, 0) is 12.1 Å². The van der Waals surface area contributed by atoms with Crippen LogP contribution in [0.3, 0.4) is 0 Å². The first-order valence-electron chi connectivity index (χ1n) is 8.44. The summed E-state index contributed by atoms with van der Waals surface area (Å²) in [4.78, 5) is 41.0. The summed E-state index contributed by atoms with van der Waals surface area (Å²) >= 11 is 0. The second-order valence-electron chi connectivity index (χ2n) is 6.52. The van der Waals surface area contributed by atoms with Crippen LogP contribution in [0.25, 0.3) is 0 Å². The molecule has 0 saturated carbocycles. The van der Waals surface area contributed by atoms with Crippen molar-refractivity contribution in [2.75, 3.05) is 38.5 Å². The second-order valence-corrected chi connectivity index (χ2v) is 6.52. The van der Waals surface area contributed by atoms with Crippen LogP contribution >= 0.6 is 0 Å². The van der Waals surface area contributed by atoms with Crippen LogP contribution in [0.1, 0.15) is 16.1 Å². The van der Waals surface area contributed by atoms with Gasteiger partial charge in [0.25, 0.3) is 5.56 Å². The lowest BCUT2D eigenvalue weighted by molar-refractivity contribution is 0.0832. The fourth-order valence-corrected chi connectivity index (χ4v) is 3.13. The Labute approximate surface area is 150 Å². The van der Waals surface area contributed by atoms with E-state index in [4.69, 9.17) is 10.2 Å². The normalized spacial score (nSPS) is 16.1. The number of piperazine rings is 1. The molecule has 0 atom stereocenters. The highest BCUT2D eigenvalue weighted by atomic mass is 16.3. The standard InChI is InChI=1S/C17H23N5O4/c1-19-15(18)14(16(24)20(2)17(19)25)13(23)11-22-7-5-21(6-8-22)10-12-4-3-9-26-12/h3-4,9H,5-8,10-11,18H2,1-2H3. The molecule has 0 aromatic carbocycles. The molecule has 3 rings (SSSR count). The van der Waals surface area contributed by atoms with Crippen molar-refractivity contribution in [3.05, 3.63) is 50.6 Å². The Kier molecular flexibility index (Phi) is 5.10. The Bertz CT molecular complexity index is 904. The number of rotatable bonds is 5. The average Bonchev–Trinajstić information content (AvgIpc) is 3.13. The van der Waals surface area contributed by atoms with E-state index in [0.717, 1.165) is 34.5 Å². The fourth-order valence-electron chi connectivity index (χ4n) is 3.13. The zero-order valence-electron chi connectivity index (χ0n) is 15.0. The third-order valence-corrected chi connectivity index (χ3v) is 4.78. The zero-order valence-corrected chi connectivity index (χ0v) is 15.0. The van der Waals surface area contributed by atoms with Gasteiger partial charge in [0.05, 0.1) is 19.4 Å². The Morgan fingerprint density at radius 3 is 2.38 bits per heavy atom. The predicted octanol–water partition coefficient (Wildman–Crippen LogP) is -0.740. The number of Topliss-reactive ketones (excluding diaryl/α,β-unsaturated/α-hetero) is 1. The number of nitrogen functional groups attached to an aromatic ring is 1. The summed E-state index contributed by atoms with van der Waals surface area (Å²) < 4.78 is 7.38. The Balaban J connectivity index is 1.65. The lowest BCUT2D eigenvalue weighted by Crippen LogP contribution is -2.48. The quantitative estimate of drug-likeness (QED) is 0.699. The Morgan fingerprint density at radius 1 is 1.12 bits per heavy atom. The summed E-state index contributed by atoms with van der Waals surface area (Å²) in [7, 11) is 2.79. The summed E-state index contributed by atoms with van der Waals surface area (Å²) in [6, 6.07) is 3.80. The molecule has 1 aliphatic heterocycles. The number of nitrogens with zero attached hydrogens (tertiary/aromatic N) is 4. The summed E-state index contributed by atoms with van der Waals surface area (Å²) in [6.45, 7) is 3.86. The van der Waals surface area contributed by atoms with Crippen molar-refractivity contribution >= 4 is 11.6 Å². The van der Waals surface area contributed by atoms with E-state index in [1.807, 2.05) is 17.0 Å². The van der Waals surface area contributed by atoms with Crippen molar-refractivity contribution in [2.24, 2.45) is 14.1 Å². The van der Waals surface area contributed by atoms with Crippen LogP contribution in [0, 0.1) is 0 Å². The molecule has 3 heterocycles. The fraction of sp³-hybridized carbons (Fsp3) is 0.471. The van der Waals surface area contributed by atoms with Gasteiger partial charge >= 0.3 is 5.69 Å². The van der Waals surface area contributed by atoms with Crippen molar-refractivity contribution in [3.63, 3.8) is 0 Å². The SMILES string of the molecule is Cn1c(N)c(C(=O)CN2CCN(Cc3ccco3)CC2)c(=O)n(C)c1=O. The van der Waals surface area contributed by atoms with Crippen molar-refractivity contribution in [1.82, 2.24) is 18.9 Å². The van der Waals surface area contributed by atoms with Crippen LogP contribution in [0.2, 0.25) is 0 Å². The molecule has 2 N–H and O–H groups in total. The highest BCUT2D eigenvalue weighted by molar-refractivity contribution is 6.01. The number of furan rings is 1. The first kappa shape index (κ1) is 18.2. The molecule has 9 nitrogen and oxygen atoms in total. The maximum absolute atomic E-state index is 12.6. The van der Waals surface area contributed by atoms with Crippen LogP contribution in [0.4, 0.5) is 5.82 Å². The van der Waals surface area contributed by atoms with Crippen LogP contribution in [-0.2, 0) is 20.6 Å². The van der Waals surface area contributed by atoms with Crippen molar-refractivity contribution in [2.45, 2.75) is 6.54 Å². The van der Waals surface area contributed by atoms with Gasteiger partial charge in [-0.25, -0.2) is 4.79 Å². The summed E-state index contributed by atoms with van der Waals surface area (Å²) in [5.41, 5.74) is 4.54. The average molecular weight is 361 g/mol. The van der Waals surface area contributed by atoms with Gasteiger partial charge in [0.2, 0.25) is 0 Å². The summed E-state index contributed by atoms with van der Waals surface area (Å²) in [5.74, 6) is 0.466. The van der Waals surface area contributed by atoms with Crippen molar-refractivity contribution in [1.29, 1.82) is 0 Å². The third kappa shape index (κ3) is 3.49. The molecule has 1 saturated heterocycles. The van der Waals surface area contributed by atoms with E-state index < -0.39 is 11.2 Å². The molecule has 2 aromatic heterocycles. The predicted molar refractivity (Wildman–Crippen MR) is 96.1 cm³/mol. The topological polar surface area (TPSA) is 107 Å². The zero-order chi connectivity index (χ0) is 18.8. The molecule has 1 aliphatic rings. The molecule has 26 heavy (non-hydrogen) atoms. The number of carbonyl (C=O) groups is 1. The van der Waals surface area contributed by atoms with Gasteiger partial charge in [-0.2, -0.15) is 0 Å². The van der Waals surface area contributed by atoms with Crippen molar-refractivity contribution in [3.8, 4) is 0 Å². The highest BCUT2D eigenvalue weighted by Gasteiger charge is 2.24. The van der Waals surface area contributed by atoms with Crippen LogP contribution < -0.4 is 17.0 Å². The van der Waals surface area contributed by atoms with E-state index >= 15 is 0 Å². The van der Waals surface area contributed by atoms with E-state index in [1.165, 1.54) is 14.1 Å². The van der Waals surface area contributed by atoms with E-state index in [9.17, 15) is 14.4 Å². The molecule has 0 spiro atoms. The molecule has 0 amide bonds. The number of hydrogen-bond donors (Lipinski definition) is 1. The maximum Gasteiger partial charge on any atom is 0.332 e. The van der Waals surface area contributed by atoms with Gasteiger partial charge in [-0.1, -0.05) is 0 Å². The molecular formula is C17H23N5O4. The lowest BCUT2D eigenvalue weighted by atomic mass is 10.1. The monoisotopic (exact) mass is 361 g/mol. The second kappa shape index (κ2) is 7.30. The van der Waals surface area contributed by atoms with Gasteiger partial charge in [0.15, 0.2) is 5.78 Å². The molecular weight excluding hydrogens is 338 g/mol. The highest BCUT2D eigenvalue weighted by Crippen LogP contribution is 2.10. The summed E-state index contributed by atoms with van der Waals surface area (Å²) in [5, 5.41) is 0. The van der Waals surface area contributed by atoms with Crippen LogP contribution in [0.15, 0.2) is 32.4 Å². The van der Waals surface area contributed by atoms with Gasteiger partial charge in [0.1, 0.15) is 17.1 Å². The minimum Gasteiger partial charge on any atom is -0.468 e. The summed E-state index contributed by atoms with van der Waals surface area (Å²) in [6.07, 6.45) is 1.66. The number of aromatic nitrogens is 2. The Hall–Kier alpha value is -2.65. The molecule has 0 unspecified atom stereocenters. The van der Waals surface area contributed by atoms with E-state index in [1.54, 1.807) is 6.26 Å². The number of ketones is 1. The van der Waals surface area contributed by atoms with E-state index in [0.29, 0.717) is 13.1 Å². The molecule has 140 valence electrons. The van der Waals surface area contributed by atoms with E-state index in [2.05, 4.69) is 4.90 Å². The number of anilines is 1. The van der Waals surface area contributed by atoms with E-state index in [-0.39, 0.29) is 23.7 Å². The van der Waals surface area contributed by atoms with Gasteiger partial charge in [-0.15, -0.1) is 0 Å².